The van der Waals surface area contributed by atoms with Crippen molar-refractivity contribution in [1.29, 1.82) is 5.26 Å². The number of hydrogen-bond donors (Lipinski definition) is 0. The van der Waals surface area contributed by atoms with Crippen LogP contribution in [0.2, 0.25) is 0 Å². The van der Waals surface area contributed by atoms with Gasteiger partial charge in [-0.3, -0.25) is 4.79 Å². The van der Waals surface area contributed by atoms with Gasteiger partial charge in [0.25, 0.3) is 0 Å². The molecule has 0 aliphatic heterocycles. The smallest absolute Gasteiger partial charge is 0.136 e. The van der Waals surface area contributed by atoms with Crippen molar-refractivity contribution in [3.8, 4) is 6.07 Å². The molecule has 0 bridgehead atoms. The van der Waals surface area contributed by atoms with Crippen LogP contribution in [0.25, 0.3) is 0 Å². The van der Waals surface area contributed by atoms with Crippen LogP contribution < -0.4 is 0 Å². The number of rotatable bonds is 3. The highest BCUT2D eigenvalue weighted by Crippen LogP contribution is 2.45. The molecule has 0 heterocycles. The molecule has 12 heavy (non-hydrogen) atoms. The maximum Gasteiger partial charge on any atom is 0.136 e. The summed E-state index contributed by atoms with van der Waals surface area (Å²) in [7, 11) is 0. The van der Waals surface area contributed by atoms with Crippen LogP contribution in [-0.2, 0) is 4.79 Å². The van der Waals surface area contributed by atoms with Gasteiger partial charge in [-0.05, 0) is 12.3 Å². The lowest BCUT2D eigenvalue weighted by molar-refractivity contribution is -0.132. The van der Waals surface area contributed by atoms with Crippen LogP contribution in [0.4, 0.5) is 0 Å². The Bertz CT molecular complexity index is 218. The Balaban J connectivity index is 2.58. The van der Waals surface area contributed by atoms with Gasteiger partial charge >= 0.3 is 0 Å². The zero-order chi connectivity index (χ0) is 9.19. The minimum absolute atomic E-state index is 0.250. The Morgan fingerprint density at radius 2 is 2.25 bits per heavy atom. The van der Waals surface area contributed by atoms with E-state index in [1.165, 1.54) is 0 Å². The van der Waals surface area contributed by atoms with Gasteiger partial charge in [0.1, 0.15) is 5.78 Å². The average molecular weight is 165 g/mol. The van der Waals surface area contributed by atoms with E-state index < -0.39 is 0 Å². The lowest BCUT2D eigenvalue weighted by Gasteiger charge is -2.39. The van der Waals surface area contributed by atoms with Crippen molar-refractivity contribution in [2.45, 2.75) is 39.5 Å². The number of carbonyl (C=O) groups excluding carboxylic acids is 1. The molecule has 0 radical (unpaired) electrons. The largest absolute Gasteiger partial charge is 0.300 e. The third kappa shape index (κ3) is 1.36. The molecular formula is C10H15NO. The average Bonchev–Trinajstić information content (AvgIpc) is 1.98. The molecule has 1 aliphatic rings. The number of Topliss-reactive ketones (excluding diaryl/α,β-unsaturated/α-hetero) is 1. The first-order valence-electron chi connectivity index (χ1n) is 4.57. The van der Waals surface area contributed by atoms with Crippen molar-refractivity contribution in [2.75, 3.05) is 0 Å². The van der Waals surface area contributed by atoms with Crippen LogP contribution in [0.3, 0.4) is 0 Å². The van der Waals surface area contributed by atoms with Gasteiger partial charge in [-0.25, -0.2) is 0 Å². The van der Waals surface area contributed by atoms with Crippen molar-refractivity contribution in [1.82, 2.24) is 0 Å². The molecule has 1 fully saturated rings. The minimum atomic E-state index is -0.299. The van der Waals surface area contributed by atoms with Crippen molar-refractivity contribution < 1.29 is 4.79 Å². The molecule has 0 N–H and O–H groups in total. The van der Waals surface area contributed by atoms with Crippen molar-refractivity contribution >= 4 is 5.78 Å². The van der Waals surface area contributed by atoms with Gasteiger partial charge in [-0.15, -0.1) is 0 Å². The molecule has 66 valence electrons. The first-order valence-corrected chi connectivity index (χ1v) is 4.57. The van der Waals surface area contributed by atoms with E-state index in [1.54, 1.807) is 0 Å². The Hall–Kier alpha value is -0.840. The molecule has 2 heteroatoms. The second-order valence-electron chi connectivity index (χ2n) is 3.85. The molecule has 0 aromatic rings. The molecule has 0 aromatic carbocycles. The first kappa shape index (κ1) is 9.25. The van der Waals surface area contributed by atoms with Crippen molar-refractivity contribution in [3.63, 3.8) is 0 Å². The predicted molar refractivity (Wildman–Crippen MR) is 46.4 cm³/mol. The van der Waals surface area contributed by atoms with Gasteiger partial charge in [0, 0.05) is 12.8 Å². The van der Waals surface area contributed by atoms with E-state index in [4.69, 9.17) is 5.26 Å². The summed E-state index contributed by atoms with van der Waals surface area (Å²) in [5.41, 5.74) is -0.299. The third-order valence-electron chi connectivity index (χ3n) is 2.91. The first-order chi connectivity index (χ1) is 5.64. The lowest BCUT2D eigenvalue weighted by atomic mass is 9.61. The fourth-order valence-corrected chi connectivity index (χ4v) is 1.90. The number of ketones is 1. The van der Waals surface area contributed by atoms with Crippen LogP contribution in [0.15, 0.2) is 0 Å². The number of nitriles is 1. The zero-order valence-corrected chi connectivity index (χ0v) is 7.76. The highest BCUT2D eigenvalue weighted by Gasteiger charge is 2.47. The summed E-state index contributed by atoms with van der Waals surface area (Å²) in [6, 6.07) is 2.31. The lowest BCUT2D eigenvalue weighted by Crippen LogP contribution is -2.41. The van der Waals surface area contributed by atoms with Crippen molar-refractivity contribution in [2.24, 2.45) is 11.3 Å². The van der Waals surface area contributed by atoms with Gasteiger partial charge in [-0.2, -0.15) is 5.26 Å². The van der Waals surface area contributed by atoms with E-state index in [-0.39, 0.29) is 11.2 Å². The molecule has 0 amide bonds. The van der Waals surface area contributed by atoms with Crippen LogP contribution in [0.5, 0.6) is 0 Å². The summed E-state index contributed by atoms with van der Waals surface area (Å²) >= 11 is 0. The SMILES string of the molecule is CCCC(C)C1(C#N)CC(=O)C1. The van der Waals surface area contributed by atoms with E-state index in [9.17, 15) is 4.79 Å². The Morgan fingerprint density at radius 3 is 2.58 bits per heavy atom. The molecule has 0 aromatic heterocycles. The van der Waals surface area contributed by atoms with E-state index in [2.05, 4.69) is 19.9 Å². The molecule has 1 unspecified atom stereocenters. The quantitative estimate of drug-likeness (QED) is 0.643. The standard InChI is InChI=1S/C10H15NO/c1-3-4-8(2)10(7-11)5-9(12)6-10/h8H,3-6H2,1-2H3. The molecule has 0 saturated heterocycles. The van der Waals surface area contributed by atoms with Gasteiger partial charge in [0.2, 0.25) is 0 Å². The maximum atomic E-state index is 10.8. The fourth-order valence-electron chi connectivity index (χ4n) is 1.90. The number of hydrogen-bond acceptors (Lipinski definition) is 2. The maximum absolute atomic E-state index is 10.8. The van der Waals surface area contributed by atoms with Gasteiger partial charge in [0.15, 0.2) is 0 Å². The highest BCUT2D eigenvalue weighted by atomic mass is 16.1. The van der Waals surface area contributed by atoms with Crippen LogP contribution in [0.1, 0.15) is 39.5 Å². The predicted octanol–water partition coefficient (Wildman–Crippen LogP) is 2.30. The summed E-state index contributed by atoms with van der Waals surface area (Å²) in [4.78, 5) is 10.8. The van der Waals surface area contributed by atoms with Crippen LogP contribution in [-0.4, -0.2) is 5.78 Å². The van der Waals surface area contributed by atoms with E-state index in [0.717, 1.165) is 12.8 Å². The Morgan fingerprint density at radius 1 is 1.67 bits per heavy atom. The topological polar surface area (TPSA) is 40.9 Å². The van der Waals surface area contributed by atoms with E-state index in [1.807, 2.05) is 0 Å². The zero-order valence-electron chi connectivity index (χ0n) is 7.76. The summed E-state index contributed by atoms with van der Waals surface area (Å²) in [5.74, 6) is 0.629. The number of nitrogens with zero attached hydrogens (tertiary/aromatic N) is 1. The molecule has 1 atom stereocenters. The van der Waals surface area contributed by atoms with Gasteiger partial charge in [-0.1, -0.05) is 20.3 Å². The molecule has 1 saturated carbocycles. The Labute approximate surface area is 73.6 Å². The second-order valence-corrected chi connectivity index (χ2v) is 3.85. The molecule has 1 rings (SSSR count). The molecule has 1 aliphatic carbocycles. The minimum Gasteiger partial charge on any atom is -0.300 e. The van der Waals surface area contributed by atoms with Gasteiger partial charge < -0.3 is 0 Å². The summed E-state index contributed by atoms with van der Waals surface area (Å²) in [5, 5.41) is 8.95. The van der Waals surface area contributed by atoms with Crippen LogP contribution >= 0.6 is 0 Å². The molecule has 2 nitrogen and oxygen atoms in total. The number of carbonyl (C=O) groups is 1. The molecule has 0 spiro atoms. The highest BCUT2D eigenvalue weighted by molar-refractivity contribution is 5.87. The van der Waals surface area contributed by atoms with E-state index in [0.29, 0.717) is 18.8 Å². The third-order valence-corrected chi connectivity index (χ3v) is 2.91. The molecular weight excluding hydrogens is 150 g/mol. The normalized spacial score (nSPS) is 22.6. The second kappa shape index (κ2) is 3.26. The van der Waals surface area contributed by atoms with Crippen LogP contribution in [0, 0.1) is 22.7 Å². The van der Waals surface area contributed by atoms with Crippen molar-refractivity contribution in [3.05, 3.63) is 0 Å². The fraction of sp³-hybridized carbons (Fsp3) is 0.800. The monoisotopic (exact) mass is 165 g/mol. The van der Waals surface area contributed by atoms with E-state index >= 15 is 0 Å². The van der Waals surface area contributed by atoms with Gasteiger partial charge in [0.05, 0.1) is 11.5 Å². The Kier molecular flexibility index (Phi) is 2.52. The summed E-state index contributed by atoms with van der Waals surface area (Å²) in [6.45, 7) is 4.20. The summed E-state index contributed by atoms with van der Waals surface area (Å²) in [6.07, 6.45) is 3.13. The summed E-state index contributed by atoms with van der Waals surface area (Å²) < 4.78 is 0.